The van der Waals surface area contributed by atoms with E-state index >= 15 is 0 Å². The molecule has 3 aromatic rings. The zero-order valence-corrected chi connectivity index (χ0v) is 23.3. The van der Waals surface area contributed by atoms with E-state index in [9.17, 15) is 14.4 Å². The molecule has 2 N–H and O–H groups in total. The molecule has 2 unspecified atom stereocenters. The van der Waals surface area contributed by atoms with Crippen molar-refractivity contribution in [3.05, 3.63) is 64.4 Å². The smallest absolute Gasteiger partial charge is 0.341 e. The first-order chi connectivity index (χ1) is 17.6. The van der Waals surface area contributed by atoms with Crippen molar-refractivity contribution in [1.82, 2.24) is 0 Å². The molecule has 2 aromatic heterocycles. The number of thioether (sulfide) groups is 1. The maximum Gasteiger partial charge on any atom is 0.341 e. The Morgan fingerprint density at radius 2 is 1.95 bits per heavy atom. The second kappa shape index (κ2) is 11.1. The minimum Gasteiger partial charge on any atom is -0.465 e. The number of nitrogens with one attached hydrogen (secondary N) is 2. The Kier molecular flexibility index (Phi) is 8.14. The van der Waals surface area contributed by atoms with Crippen LogP contribution in [0.1, 0.15) is 65.5 Å². The number of rotatable bonds is 7. The first-order valence-corrected chi connectivity index (χ1v) is 13.9. The van der Waals surface area contributed by atoms with Crippen LogP contribution in [-0.4, -0.2) is 30.1 Å². The Labute approximate surface area is 225 Å². The molecule has 4 rings (SSSR count). The molecule has 0 spiro atoms. The van der Waals surface area contributed by atoms with Gasteiger partial charge in [-0.25, -0.2) is 4.79 Å². The lowest BCUT2D eigenvalue weighted by Gasteiger charge is -2.33. The van der Waals surface area contributed by atoms with Crippen LogP contribution in [0.4, 0.5) is 10.7 Å². The third kappa shape index (κ3) is 6.27. The molecular weight excluding hydrogens is 508 g/mol. The lowest BCUT2D eigenvalue weighted by atomic mass is 9.72. The number of ether oxygens (including phenoxy) is 1. The van der Waals surface area contributed by atoms with Gasteiger partial charge in [-0.2, -0.15) is 0 Å². The minimum absolute atomic E-state index is 0.174. The monoisotopic (exact) mass is 540 g/mol. The van der Waals surface area contributed by atoms with Crippen LogP contribution in [0.5, 0.6) is 0 Å². The molecule has 9 heteroatoms. The van der Waals surface area contributed by atoms with Gasteiger partial charge in [-0.05, 0) is 73.4 Å². The standard InChI is InChI=1S/C28H32N2O5S2/c1-16(36-19-9-6-8-18(15-19)29-25(32)21-10-7-13-35-21)24(31)30-26-23(27(33)34-5)20-12-11-17(28(2,3)4)14-22(20)37-26/h6-10,13,15-17H,11-12,14H2,1-5H3,(H,29,32)(H,30,31). The molecule has 0 saturated carbocycles. The predicted molar refractivity (Wildman–Crippen MR) is 148 cm³/mol. The molecule has 0 fully saturated rings. The molecule has 1 aliphatic rings. The minimum atomic E-state index is -0.442. The maximum absolute atomic E-state index is 13.2. The van der Waals surface area contributed by atoms with E-state index in [-0.39, 0.29) is 23.0 Å². The highest BCUT2D eigenvalue weighted by atomic mass is 32.2. The lowest BCUT2D eigenvalue weighted by molar-refractivity contribution is -0.115. The van der Waals surface area contributed by atoms with Crippen LogP contribution in [-0.2, 0) is 22.4 Å². The van der Waals surface area contributed by atoms with E-state index < -0.39 is 11.2 Å². The van der Waals surface area contributed by atoms with Gasteiger partial charge in [-0.15, -0.1) is 23.1 Å². The Morgan fingerprint density at radius 1 is 1.16 bits per heavy atom. The summed E-state index contributed by atoms with van der Waals surface area (Å²) in [6.45, 7) is 8.55. The average molecular weight is 541 g/mol. The highest BCUT2D eigenvalue weighted by Gasteiger charge is 2.34. The van der Waals surface area contributed by atoms with Crippen molar-refractivity contribution in [1.29, 1.82) is 0 Å². The highest BCUT2D eigenvalue weighted by molar-refractivity contribution is 8.00. The fourth-order valence-electron chi connectivity index (χ4n) is 4.45. The number of anilines is 2. The molecule has 2 atom stereocenters. The molecule has 196 valence electrons. The lowest BCUT2D eigenvalue weighted by Crippen LogP contribution is -2.26. The van der Waals surface area contributed by atoms with Crippen LogP contribution in [0.15, 0.2) is 52.0 Å². The molecule has 1 aromatic carbocycles. The van der Waals surface area contributed by atoms with Crippen molar-refractivity contribution in [3.8, 4) is 0 Å². The van der Waals surface area contributed by atoms with Crippen LogP contribution >= 0.6 is 23.1 Å². The van der Waals surface area contributed by atoms with Crippen molar-refractivity contribution in [2.75, 3.05) is 17.7 Å². The molecule has 7 nitrogen and oxygen atoms in total. The van der Waals surface area contributed by atoms with E-state index in [1.165, 1.54) is 36.5 Å². The summed E-state index contributed by atoms with van der Waals surface area (Å²) in [7, 11) is 1.37. The quantitative estimate of drug-likeness (QED) is 0.257. The number of methoxy groups -OCH3 is 1. The summed E-state index contributed by atoms with van der Waals surface area (Å²) in [6.07, 6.45) is 4.14. The van der Waals surface area contributed by atoms with Crippen molar-refractivity contribution < 1.29 is 23.5 Å². The summed E-state index contributed by atoms with van der Waals surface area (Å²) in [4.78, 5) is 40.1. The van der Waals surface area contributed by atoms with Gasteiger partial charge in [-0.3, -0.25) is 9.59 Å². The van der Waals surface area contributed by atoms with E-state index in [0.717, 1.165) is 34.6 Å². The van der Waals surface area contributed by atoms with Gasteiger partial charge in [0.05, 0.1) is 24.2 Å². The van der Waals surface area contributed by atoms with E-state index in [4.69, 9.17) is 9.15 Å². The molecule has 0 saturated heterocycles. The number of fused-ring (bicyclic) bond motifs is 1. The molecule has 2 heterocycles. The number of amides is 2. The summed E-state index contributed by atoms with van der Waals surface area (Å²) < 4.78 is 10.2. The number of carbonyl (C=O) groups is 3. The first-order valence-electron chi connectivity index (χ1n) is 12.2. The zero-order chi connectivity index (χ0) is 26.7. The number of thiophene rings is 1. The highest BCUT2D eigenvalue weighted by Crippen LogP contribution is 2.44. The van der Waals surface area contributed by atoms with Crippen LogP contribution in [0, 0.1) is 11.3 Å². The van der Waals surface area contributed by atoms with Crippen LogP contribution in [0.2, 0.25) is 0 Å². The van der Waals surface area contributed by atoms with E-state index in [1.54, 1.807) is 18.2 Å². The number of esters is 1. The molecule has 0 aliphatic heterocycles. The van der Waals surface area contributed by atoms with Crippen LogP contribution < -0.4 is 10.6 Å². The zero-order valence-electron chi connectivity index (χ0n) is 21.7. The Balaban J connectivity index is 1.46. The van der Waals surface area contributed by atoms with Gasteiger partial charge >= 0.3 is 5.97 Å². The Bertz CT molecular complexity index is 1290. The van der Waals surface area contributed by atoms with Crippen molar-refractivity contribution in [3.63, 3.8) is 0 Å². The summed E-state index contributed by atoms with van der Waals surface area (Å²) in [5, 5.41) is 5.91. The SMILES string of the molecule is COC(=O)c1c(NC(=O)C(C)Sc2cccc(NC(=O)c3ccco3)c2)sc2c1CCC(C(C)(C)C)C2. The predicted octanol–water partition coefficient (Wildman–Crippen LogP) is 6.65. The number of carbonyl (C=O) groups excluding carboxylic acids is 3. The summed E-state index contributed by atoms with van der Waals surface area (Å²) >= 11 is 2.86. The fraction of sp³-hybridized carbons (Fsp3) is 0.393. The van der Waals surface area contributed by atoms with Crippen LogP contribution in [0.3, 0.4) is 0 Å². The van der Waals surface area contributed by atoms with Gasteiger partial charge in [0.25, 0.3) is 5.91 Å². The topological polar surface area (TPSA) is 97.6 Å². The molecular formula is C28H32N2O5S2. The third-order valence-corrected chi connectivity index (χ3v) is 8.90. The third-order valence-electron chi connectivity index (χ3n) is 6.64. The number of furan rings is 1. The molecule has 1 aliphatic carbocycles. The molecule has 37 heavy (non-hydrogen) atoms. The second-order valence-electron chi connectivity index (χ2n) is 10.2. The van der Waals surface area contributed by atoms with Crippen molar-refractivity contribution in [2.45, 2.75) is 57.1 Å². The van der Waals surface area contributed by atoms with Gasteiger partial charge < -0.3 is 19.8 Å². The molecule has 2 amide bonds. The van der Waals surface area contributed by atoms with E-state index in [1.807, 2.05) is 25.1 Å². The summed E-state index contributed by atoms with van der Waals surface area (Å²) in [5.41, 5.74) is 2.27. The number of hydrogen-bond acceptors (Lipinski definition) is 7. The van der Waals surface area contributed by atoms with Gasteiger partial charge in [0.2, 0.25) is 5.91 Å². The van der Waals surface area contributed by atoms with Gasteiger partial charge in [0.1, 0.15) is 5.00 Å². The number of benzene rings is 1. The molecule has 0 radical (unpaired) electrons. The van der Waals surface area contributed by atoms with Gasteiger partial charge in [-0.1, -0.05) is 26.8 Å². The Morgan fingerprint density at radius 3 is 2.62 bits per heavy atom. The second-order valence-corrected chi connectivity index (χ2v) is 12.7. The summed E-state index contributed by atoms with van der Waals surface area (Å²) in [6, 6.07) is 10.5. The van der Waals surface area contributed by atoms with E-state index in [0.29, 0.717) is 22.2 Å². The average Bonchev–Trinajstić information content (AvgIpc) is 3.51. The molecule has 0 bridgehead atoms. The van der Waals surface area contributed by atoms with E-state index in [2.05, 4.69) is 31.4 Å². The fourth-order valence-corrected chi connectivity index (χ4v) is 6.69. The normalized spacial score (nSPS) is 16.0. The van der Waals surface area contributed by atoms with Gasteiger partial charge in [0, 0.05) is 15.5 Å². The Hall–Kier alpha value is -3.04. The summed E-state index contributed by atoms with van der Waals surface area (Å²) in [5.74, 6) is -0.223. The van der Waals surface area contributed by atoms with Gasteiger partial charge in [0.15, 0.2) is 5.76 Å². The first kappa shape index (κ1) is 27.0. The van der Waals surface area contributed by atoms with Crippen LogP contribution in [0.25, 0.3) is 0 Å². The maximum atomic E-state index is 13.2. The number of hydrogen-bond donors (Lipinski definition) is 2. The van der Waals surface area contributed by atoms with Crippen molar-refractivity contribution in [2.24, 2.45) is 11.3 Å². The largest absolute Gasteiger partial charge is 0.465 e. The van der Waals surface area contributed by atoms with Crippen molar-refractivity contribution >= 4 is 51.6 Å².